The van der Waals surface area contributed by atoms with Gasteiger partial charge in [-0.15, -0.1) is 0 Å². The van der Waals surface area contributed by atoms with Gasteiger partial charge in [-0.1, -0.05) is 36.4 Å². The first kappa shape index (κ1) is 16.8. The Morgan fingerprint density at radius 1 is 0.960 bits per heavy atom. The summed E-state index contributed by atoms with van der Waals surface area (Å²) < 4.78 is 0. The first-order valence-electron chi connectivity index (χ1n) is 7.93. The fourth-order valence-electron chi connectivity index (χ4n) is 2.80. The highest BCUT2D eigenvalue weighted by Crippen LogP contribution is 2.28. The fraction of sp³-hybridized carbons (Fsp3) is 0.150. The molecule has 1 unspecified atom stereocenters. The van der Waals surface area contributed by atoms with Gasteiger partial charge >= 0.3 is 0 Å². The number of carbonyl (C=O) groups is 1. The minimum Gasteiger partial charge on any atom is -0.508 e. The molecule has 1 amide bonds. The highest BCUT2D eigenvalue weighted by molar-refractivity contribution is 6.01. The van der Waals surface area contributed by atoms with E-state index in [9.17, 15) is 15.0 Å². The van der Waals surface area contributed by atoms with Crippen LogP contribution in [0, 0.1) is 0 Å². The molecular weight excluding hydrogens is 316 g/mol. The predicted molar refractivity (Wildman–Crippen MR) is 97.6 cm³/mol. The molecule has 5 nitrogen and oxygen atoms in total. The van der Waals surface area contributed by atoms with Crippen LogP contribution in [0.15, 0.2) is 60.7 Å². The summed E-state index contributed by atoms with van der Waals surface area (Å²) in [4.78, 5) is 14.6. The number of benzene rings is 3. The number of amides is 1. The van der Waals surface area contributed by atoms with Crippen molar-refractivity contribution in [1.29, 1.82) is 0 Å². The summed E-state index contributed by atoms with van der Waals surface area (Å²) >= 11 is 0. The highest BCUT2D eigenvalue weighted by atomic mass is 16.3. The van der Waals surface area contributed by atoms with E-state index in [1.54, 1.807) is 24.3 Å². The molecule has 0 aliphatic rings. The van der Waals surface area contributed by atoms with Crippen LogP contribution in [-0.2, 0) is 0 Å². The van der Waals surface area contributed by atoms with Gasteiger partial charge in [0.15, 0.2) is 0 Å². The van der Waals surface area contributed by atoms with Crippen LogP contribution in [-0.4, -0.2) is 35.1 Å². The van der Waals surface area contributed by atoms with Crippen LogP contribution in [0.1, 0.15) is 22.1 Å². The Morgan fingerprint density at radius 2 is 1.68 bits per heavy atom. The third kappa shape index (κ3) is 3.56. The van der Waals surface area contributed by atoms with E-state index in [1.807, 2.05) is 49.3 Å². The van der Waals surface area contributed by atoms with Gasteiger partial charge in [0.1, 0.15) is 17.7 Å². The van der Waals surface area contributed by atoms with E-state index >= 15 is 0 Å². The lowest BCUT2D eigenvalue weighted by molar-refractivity contribution is 0.0887. The van der Waals surface area contributed by atoms with Crippen LogP contribution in [0.5, 0.6) is 11.5 Å². The van der Waals surface area contributed by atoms with Crippen LogP contribution in [0.2, 0.25) is 0 Å². The minimum atomic E-state index is -0.384. The van der Waals surface area contributed by atoms with E-state index in [0.717, 1.165) is 10.9 Å². The number of carbonyl (C=O) groups excluding carboxylic acids is 1. The summed E-state index contributed by atoms with van der Waals surface area (Å²) in [6, 6.07) is 17.5. The van der Waals surface area contributed by atoms with Crippen LogP contribution in [0.3, 0.4) is 0 Å². The SMILES string of the molecule is CN(C)C(NC(=O)c1cc2cc(O)ccc2cc1O)c1ccccc1. The molecule has 0 fully saturated rings. The molecular formula is C20H20N2O3. The van der Waals surface area contributed by atoms with Crippen LogP contribution in [0.25, 0.3) is 10.8 Å². The minimum absolute atomic E-state index is 0.0961. The van der Waals surface area contributed by atoms with Crippen molar-refractivity contribution in [1.82, 2.24) is 10.2 Å². The molecule has 25 heavy (non-hydrogen) atoms. The molecule has 1 atom stereocenters. The Hall–Kier alpha value is -3.05. The van der Waals surface area contributed by atoms with Gasteiger partial charge in [0.2, 0.25) is 0 Å². The molecule has 0 radical (unpaired) electrons. The monoisotopic (exact) mass is 336 g/mol. The number of rotatable bonds is 4. The largest absolute Gasteiger partial charge is 0.508 e. The van der Waals surface area contributed by atoms with Gasteiger partial charge in [-0.25, -0.2) is 0 Å². The number of fused-ring (bicyclic) bond motifs is 1. The summed E-state index contributed by atoms with van der Waals surface area (Å²) in [5.74, 6) is -0.369. The van der Waals surface area contributed by atoms with Gasteiger partial charge < -0.3 is 15.5 Å². The molecule has 3 aromatic rings. The first-order valence-corrected chi connectivity index (χ1v) is 7.93. The van der Waals surface area contributed by atoms with Crippen molar-refractivity contribution in [3.8, 4) is 11.5 Å². The van der Waals surface area contributed by atoms with Crippen molar-refractivity contribution >= 4 is 16.7 Å². The lowest BCUT2D eigenvalue weighted by atomic mass is 10.0. The van der Waals surface area contributed by atoms with Gasteiger partial charge in [-0.05, 0) is 54.7 Å². The van der Waals surface area contributed by atoms with E-state index in [4.69, 9.17) is 0 Å². The van der Waals surface area contributed by atoms with Crippen LogP contribution < -0.4 is 5.32 Å². The lowest BCUT2D eigenvalue weighted by Gasteiger charge is -2.26. The number of aromatic hydroxyl groups is 2. The molecule has 0 spiro atoms. The molecule has 0 bridgehead atoms. The first-order chi connectivity index (χ1) is 12.0. The average Bonchev–Trinajstić information content (AvgIpc) is 2.59. The summed E-state index contributed by atoms with van der Waals surface area (Å²) in [5, 5.41) is 24.2. The van der Waals surface area contributed by atoms with Crippen molar-refractivity contribution < 1.29 is 15.0 Å². The molecule has 0 aliphatic heterocycles. The molecule has 0 heterocycles. The molecule has 0 saturated heterocycles. The normalized spacial score (nSPS) is 12.3. The summed E-state index contributed by atoms with van der Waals surface area (Å²) in [6.45, 7) is 0. The molecule has 128 valence electrons. The van der Waals surface area contributed by atoms with E-state index in [0.29, 0.717) is 5.39 Å². The second-order valence-electron chi connectivity index (χ2n) is 6.15. The van der Waals surface area contributed by atoms with Crippen molar-refractivity contribution in [3.63, 3.8) is 0 Å². The molecule has 0 aromatic heterocycles. The Kier molecular flexibility index (Phi) is 4.59. The zero-order valence-electron chi connectivity index (χ0n) is 14.1. The van der Waals surface area contributed by atoms with E-state index in [-0.39, 0.29) is 29.1 Å². The highest BCUT2D eigenvalue weighted by Gasteiger charge is 2.20. The fourth-order valence-corrected chi connectivity index (χ4v) is 2.80. The summed E-state index contributed by atoms with van der Waals surface area (Å²) in [7, 11) is 3.74. The van der Waals surface area contributed by atoms with Crippen LogP contribution in [0.4, 0.5) is 0 Å². The maximum Gasteiger partial charge on any atom is 0.256 e. The maximum atomic E-state index is 12.7. The molecule has 5 heteroatoms. The van der Waals surface area contributed by atoms with Crippen LogP contribution >= 0.6 is 0 Å². The number of phenols is 2. The van der Waals surface area contributed by atoms with Gasteiger partial charge in [-0.3, -0.25) is 9.69 Å². The second kappa shape index (κ2) is 6.83. The summed E-state index contributed by atoms with van der Waals surface area (Å²) in [6.07, 6.45) is -0.326. The van der Waals surface area contributed by atoms with Crippen molar-refractivity contribution in [3.05, 3.63) is 71.8 Å². The number of nitrogens with one attached hydrogen (secondary N) is 1. The quantitative estimate of drug-likeness (QED) is 0.640. The van der Waals surface area contributed by atoms with E-state index in [1.165, 1.54) is 6.07 Å². The standard InChI is InChI=1S/C20H20N2O3/c1-22(2)19(13-6-4-3-5-7-13)21-20(25)17-11-15-10-16(23)9-8-14(15)12-18(17)24/h3-12,19,23-24H,1-2H3,(H,21,25). The zero-order valence-corrected chi connectivity index (χ0v) is 14.1. The van der Waals surface area contributed by atoms with Crippen molar-refractivity contribution in [2.75, 3.05) is 14.1 Å². The molecule has 3 N–H and O–H groups in total. The lowest BCUT2D eigenvalue weighted by Crippen LogP contribution is -2.37. The number of hydrogen-bond donors (Lipinski definition) is 3. The predicted octanol–water partition coefficient (Wildman–Crippen LogP) is 3.24. The Balaban J connectivity index is 1.94. The molecule has 3 rings (SSSR count). The Bertz CT molecular complexity index is 907. The Labute approximate surface area is 146 Å². The second-order valence-corrected chi connectivity index (χ2v) is 6.15. The zero-order chi connectivity index (χ0) is 18.0. The topological polar surface area (TPSA) is 72.8 Å². The smallest absolute Gasteiger partial charge is 0.256 e. The maximum absolute atomic E-state index is 12.7. The Morgan fingerprint density at radius 3 is 2.36 bits per heavy atom. The number of nitrogens with zero attached hydrogens (tertiary/aromatic N) is 1. The van der Waals surface area contributed by atoms with Gasteiger partial charge in [0.05, 0.1) is 5.56 Å². The molecule has 0 saturated carbocycles. The number of hydrogen-bond acceptors (Lipinski definition) is 4. The van der Waals surface area contributed by atoms with E-state index in [2.05, 4.69) is 5.32 Å². The van der Waals surface area contributed by atoms with E-state index < -0.39 is 0 Å². The average molecular weight is 336 g/mol. The van der Waals surface area contributed by atoms with Gasteiger partial charge in [-0.2, -0.15) is 0 Å². The third-order valence-corrected chi connectivity index (χ3v) is 4.08. The number of phenolic OH excluding ortho intramolecular Hbond substituents is 2. The molecule has 0 aliphatic carbocycles. The third-order valence-electron chi connectivity index (χ3n) is 4.08. The van der Waals surface area contributed by atoms with Crippen molar-refractivity contribution in [2.24, 2.45) is 0 Å². The summed E-state index contributed by atoms with van der Waals surface area (Å²) in [5.41, 5.74) is 1.11. The van der Waals surface area contributed by atoms with Gasteiger partial charge in [0, 0.05) is 0 Å². The molecule has 3 aromatic carbocycles. The van der Waals surface area contributed by atoms with Gasteiger partial charge in [0.25, 0.3) is 5.91 Å². The van der Waals surface area contributed by atoms with Crippen molar-refractivity contribution in [2.45, 2.75) is 6.17 Å².